The fourth-order valence-corrected chi connectivity index (χ4v) is 10.1. The smallest absolute Gasteiger partial charge is 0.268 e. The fourth-order valence-electron chi connectivity index (χ4n) is 9.40. The largest absolute Gasteiger partial charge is 0.756 e. The molecule has 0 saturated carbocycles. The van der Waals surface area contributed by atoms with Crippen LogP contribution in [0.3, 0.4) is 0 Å². The van der Waals surface area contributed by atoms with Crippen LogP contribution >= 0.6 is 7.82 Å². The minimum absolute atomic E-state index is 0.0164. The third-order valence-corrected chi connectivity index (χ3v) is 15.1. The lowest BCUT2D eigenvalue weighted by Crippen LogP contribution is -2.46. The predicted octanol–water partition coefficient (Wildman–Crippen LogP) is 17.4. The SMILES string of the molecule is CCCCCCCCCCCCCCCCCCCCCCCCCCCCCCCCCCC(=O)N[C@@H](COP(=O)([O-])OCC[N+](C)(C)C)[C@H](O)CCCCCCCCCCCCCCC. The van der Waals surface area contributed by atoms with Crippen molar-refractivity contribution in [3.63, 3.8) is 0 Å². The number of rotatable bonds is 56. The van der Waals surface area contributed by atoms with E-state index in [4.69, 9.17) is 9.05 Å². The van der Waals surface area contributed by atoms with Crippen LogP contribution in [-0.4, -0.2) is 68.5 Å². The minimum atomic E-state index is -4.56. The summed E-state index contributed by atoms with van der Waals surface area (Å²) in [5, 5.41) is 14.0. The number of nitrogens with zero attached hydrogens (tertiary/aromatic N) is 1. The zero-order valence-electron chi connectivity index (χ0n) is 45.9. The Labute approximate surface area is 419 Å². The quantitative estimate of drug-likeness (QED) is 0.0357. The number of hydrogen-bond donors (Lipinski definition) is 2. The van der Waals surface area contributed by atoms with Crippen LogP contribution in [0, 0.1) is 0 Å². The first-order valence-electron chi connectivity index (χ1n) is 29.9. The maximum Gasteiger partial charge on any atom is 0.268 e. The first kappa shape index (κ1) is 66.5. The molecule has 0 bridgehead atoms. The molecule has 0 rings (SSSR count). The molecule has 0 saturated heterocycles. The van der Waals surface area contributed by atoms with Crippen molar-refractivity contribution in [2.75, 3.05) is 40.9 Å². The van der Waals surface area contributed by atoms with Gasteiger partial charge in [0, 0.05) is 6.42 Å². The Morgan fingerprint density at radius 2 is 0.731 bits per heavy atom. The van der Waals surface area contributed by atoms with E-state index in [2.05, 4.69) is 19.2 Å². The van der Waals surface area contributed by atoms with Gasteiger partial charge in [-0.2, -0.15) is 0 Å². The Kier molecular flexibility index (Phi) is 50.1. The molecule has 0 aromatic heterocycles. The van der Waals surface area contributed by atoms with Crippen molar-refractivity contribution < 1.29 is 32.9 Å². The van der Waals surface area contributed by atoms with Crippen LogP contribution in [0.2, 0.25) is 0 Å². The summed E-state index contributed by atoms with van der Waals surface area (Å²) in [7, 11) is 1.32. The lowest BCUT2D eigenvalue weighted by Gasteiger charge is -2.30. The molecule has 0 fully saturated rings. The van der Waals surface area contributed by atoms with Gasteiger partial charge in [-0.05, 0) is 12.8 Å². The lowest BCUT2D eigenvalue weighted by molar-refractivity contribution is -0.870. The average molecular weight is 972 g/mol. The first-order chi connectivity index (χ1) is 32.5. The number of unbranched alkanes of at least 4 members (excludes halogenated alkanes) is 43. The molecule has 0 aromatic carbocycles. The van der Waals surface area contributed by atoms with Gasteiger partial charge < -0.3 is 28.8 Å². The van der Waals surface area contributed by atoms with Crippen LogP contribution in [0.4, 0.5) is 0 Å². The van der Waals surface area contributed by atoms with Crippen molar-refractivity contribution in [3.05, 3.63) is 0 Å². The molecule has 2 N–H and O–H groups in total. The molecule has 0 aliphatic rings. The van der Waals surface area contributed by atoms with Crippen LogP contribution in [0.15, 0.2) is 0 Å². The number of phosphoric acid groups is 1. The van der Waals surface area contributed by atoms with E-state index in [1.807, 2.05) is 21.1 Å². The van der Waals surface area contributed by atoms with E-state index < -0.39 is 20.0 Å². The van der Waals surface area contributed by atoms with Crippen LogP contribution in [-0.2, 0) is 18.4 Å². The summed E-state index contributed by atoms with van der Waals surface area (Å²) < 4.78 is 23.4. The van der Waals surface area contributed by atoms with E-state index in [0.717, 1.165) is 38.5 Å². The highest BCUT2D eigenvalue weighted by molar-refractivity contribution is 7.45. The molecule has 9 heteroatoms. The standard InChI is InChI=1S/C58H119N2O6P/c1-6-8-10-12-14-16-18-20-21-22-23-24-25-26-27-28-29-30-31-32-33-34-35-36-37-38-40-42-44-46-48-50-52-58(62)59-56(55-66-67(63,64)65-54-53-60(3,4)5)57(61)51-49-47-45-43-41-39-19-17-15-13-11-9-7-2/h56-57,61H,6-55H2,1-5H3,(H-,59,62,63,64)/t56-,57+/m0/s1. The molecule has 0 aromatic rings. The van der Waals surface area contributed by atoms with Crippen molar-refractivity contribution >= 4 is 13.7 Å². The van der Waals surface area contributed by atoms with Gasteiger partial charge in [-0.3, -0.25) is 9.36 Å². The zero-order valence-corrected chi connectivity index (χ0v) is 46.8. The minimum Gasteiger partial charge on any atom is -0.756 e. The number of aliphatic hydroxyl groups is 1. The molecule has 67 heavy (non-hydrogen) atoms. The second-order valence-electron chi connectivity index (χ2n) is 22.1. The predicted molar refractivity (Wildman–Crippen MR) is 289 cm³/mol. The third-order valence-electron chi connectivity index (χ3n) is 14.1. The summed E-state index contributed by atoms with van der Waals surface area (Å²) in [5.41, 5.74) is 0. The Morgan fingerprint density at radius 3 is 1.01 bits per heavy atom. The molecule has 0 radical (unpaired) electrons. The van der Waals surface area contributed by atoms with E-state index in [1.165, 1.54) is 250 Å². The summed E-state index contributed by atoms with van der Waals surface area (Å²) in [6.07, 6.45) is 60.2. The first-order valence-corrected chi connectivity index (χ1v) is 31.3. The van der Waals surface area contributed by atoms with Crippen molar-refractivity contribution in [2.24, 2.45) is 0 Å². The third kappa shape index (κ3) is 53.1. The zero-order chi connectivity index (χ0) is 49.2. The van der Waals surface area contributed by atoms with E-state index in [-0.39, 0.29) is 19.1 Å². The molecule has 0 aliphatic heterocycles. The maximum atomic E-state index is 13.0. The molecular weight excluding hydrogens is 852 g/mol. The van der Waals surface area contributed by atoms with E-state index in [9.17, 15) is 19.4 Å². The number of carbonyl (C=O) groups excluding carboxylic acids is 1. The monoisotopic (exact) mass is 971 g/mol. The Morgan fingerprint density at radius 1 is 0.463 bits per heavy atom. The van der Waals surface area contributed by atoms with Crippen LogP contribution < -0.4 is 10.2 Å². The van der Waals surface area contributed by atoms with Gasteiger partial charge >= 0.3 is 0 Å². The summed E-state index contributed by atoms with van der Waals surface area (Å²) >= 11 is 0. The number of amides is 1. The van der Waals surface area contributed by atoms with Crippen molar-refractivity contribution in [3.8, 4) is 0 Å². The van der Waals surface area contributed by atoms with Crippen LogP contribution in [0.1, 0.15) is 316 Å². The van der Waals surface area contributed by atoms with Gasteiger partial charge in [0.05, 0.1) is 39.9 Å². The highest BCUT2D eigenvalue weighted by Crippen LogP contribution is 2.38. The number of aliphatic hydroxyl groups excluding tert-OH is 1. The van der Waals surface area contributed by atoms with Crippen LogP contribution in [0.25, 0.3) is 0 Å². The summed E-state index contributed by atoms with van der Waals surface area (Å²) in [4.78, 5) is 25.5. The summed E-state index contributed by atoms with van der Waals surface area (Å²) in [6.45, 7) is 4.77. The summed E-state index contributed by atoms with van der Waals surface area (Å²) in [5.74, 6) is -0.157. The molecule has 8 nitrogen and oxygen atoms in total. The van der Waals surface area contributed by atoms with E-state index in [1.54, 1.807) is 0 Å². The van der Waals surface area contributed by atoms with Gasteiger partial charge in [0.15, 0.2) is 0 Å². The topological polar surface area (TPSA) is 108 Å². The highest BCUT2D eigenvalue weighted by atomic mass is 31.2. The van der Waals surface area contributed by atoms with Crippen molar-refractivity contribution in [1.29, 1.82) is 0 Å². The Bertz CT molecular complexity index is 1060. The molecule has 0 heterocycles. The number of carbonyl (C=O) groups is 1. The Hall–Kier alpha value is -0.500. The maximum absolute atomic E-state index is 13.0. The van der Waals surface area contributed by atoms with E-state index >= 15 is 0 Å². The molecule has 402 valence electrons. The van der Waals surface area contributed by atoms with Gasteiger partial charge in [-0.15, -0.1) is 0 Å². The molecular formula is C58H119N2O6P. The molecule has 1 unspecified atom stereocenters. The number of likely N-dealkylation sites (N-methyl/N-ethyl adjacent to an activating group) is 1. The van der Waals surface area contributed by atoms with Crippen molar-refractivity contribution in [1.82, 2.24) is 5.32 Å². The number of quaternary nitrogens is 1. The van der Waals surface area contributed by atoms with Gasteiger partial charge in [0.25, 0.3) is 7.82 Å². The van der Waals surface area contributed by atoms with Gasteiger partial charge in [-0.1, -0.05) is 296 Å². The molecule has 0 spiro atoms. The number of hydrogen-bond acceptors (Lipinski definition) is 6. The van der Waals surface area contributed by atoms with Gasteiger partial charge in [-0.25, -0.2) is 0 Å². The van der Waals surface area contributed by atoms with Gasteiger partial charge in [0.2, 0.25) is 5.91 Å². The molecule has 3 atom stereocenters. The van der Waals surface area contributed by atoms with Gasteiger partial charge in [0.1, 0.15) is 13.2 Å². The summed E-state index contributed by atoms with van der Waals surface area (Å²) in [6, 6.07) is -0.794. The number of nitrogens with one attached hydrogen (secondary N) is 1. The Balaban J connectivity index is 3.92. The average Bonchev–Trinajstić information content (AvgIpc) is 3.29. The van der Waals surface area contributed by atoms with E-state index in [0.29, 0.717) is 23.9 Å². The van der Waals surface area contributed by atoms with Crippen LogP contribution in [0.5, 0.6) is 0 Å². The number of phosphoric ester groups is 1. The second-order valence-corrected chi connectivity index (χ2v) is 23.5. The molecule has 1 amide bonds. The highest BCUT2D eigenvalue weighted by Gasteiger charge is 2.24. The lowest BCUT2D eigenvalue weighted by atomic mass is 10.0. The van der Waals surface area contributed by atoms with Crippen molar-refractivity contribution in [2.45, 2.75) is 328 Å². The normalized spacial score (nSPS) is 13.8. The molecule has 0 aliphatic carbocycles. The second kappa shape index (κ2) is 50.4. The fraction of sp³-hybridized carbons (Fsp3) is 0.983.